The molecule has 258 valence electrons. The van der Waals surface area contributed by atoms with Crippen LogP contribution < -0.4 is 9.62 Å². The first kappa shape index (κ1) is 35.9. The molecule has 0 radical (unpaired) electrons. The van der Waals surface area contributed by atoms with Gasteiger partial charge in [0.15, 0.2) is 0 Å². The van der Waals surface area contributed by atoms with Crippen LogP contribution in [0.1, 0.15) is 42.4 Å². The van der Waals surface area contributed by atoms with Crippen LogP contribution in [-0.4, -0.2) is 43.8 Å². The Balaban J connectivity index is 1.62. The lowest BCUT2D eigenvalue weighted by molar-refractivity contribution is -0.140. The van der Waals surface area contributed by atoms with Gasteiger partial charge < -0.3 is 10.2 Å². The lowest BCUT2D eigenvalue weighted by atomic mass is 10.0. The summed E-state index contributed by atoms with van der Waals surface area (Å²) in [5, 5.41) is 2.64. The van der Waals surface area contributed by atoms with Gasteiger partial charge in [0.1, 0.15) is 18.4 Å². The van der Waals surface area contributed by atoms with Crippen LogP contribution in [-0.2, 0) is 38.8 Å². The van der Waals surface area contributed by atoms with Gasteiger partial charge in [0.05, 0.1) is 21.2 Å². The molecule has 0 spiro atoms. The highest BCUT2D eigenvalue weighted by molar-refractivity contribution is 7.92. The van der Waals surface area contributed by atoms with E-state index in [-0.39, 0.29) is 27.9 Å². The average Bonchev–Trinajstić information content (AvgIpc) is 3.59. The molecule has 0 heterocycles. The summed E-state index contributed by atoms with van der Waals surface area (Å²) in [4.78, 5) is 29.3. The molecule has 4 aromatic rings. The Morgan fingerprint density at radius 3 is 2.12 bits per heavy atom. The van der Waals surface area contributed by atoms with Gasteiger partial charge in [-0.25, -0.2) is 12.8 Å². The molecule has 0 unspecified atom stereocenters. The molecule has 1 saturated carbocycles. The third-order valence-electron chi connectivity index (χ3n) is 8.42. The molecule has 0 aliphatic heterocycles. The molecule has 5 rings (SSSR count). The van der Waals surface area contributed by atoms with Crippen molar-refractivity contribution in [3.05, 3.63) is 131 Å². The summed E-state index contributed by atoms with van der Waals surface area (Å²) < 4.78 is 85.4. The van der Waals surface area contributed by atoms with Crippen molar-refractivity contribution < 1.29 is 35.6 Å². The molecule has 49 heavy (non-hydrogen) atoms. The maximum Gasteiger partial charge on any atom is 0.416 e. The van der Waals surface area contributed by atoms with Gasteiger partial charge in [0, 0.05) is 24.6 Å². The smallest absolute Gasteiger partial charge is 0.352 e. The number of carbonyl (C=O) groups excluding carboxylic acids is 2. The number of hydrogen-bond donors (Lipinski definition) is 1. The molecular formula is C36H34ClF4N3O4S. The SMILES string of the molecule is O=C(NC1CCCC1)[C@H](Cc1ccccc1)N(Cc1ccccc1F)C(=O)CN(c1cc(C(F)(F)F)ccc1Cl)S(=O)(=O)c1ccccc1. The normalized spacial score (nSPS) is 14.3. The van der Waals surface area contributed by atoms with Crippen molar-refractivity contribution in [1.29, 1.82) is 0 Å². The molecule has 0 bridgehead atoms. The number of alkyl halides is 3. The first-order valence-electron chi connectivity index (χ1n) is 15.7. The Bertz CT molecular complexity index is 1870. The quantitative estimate of drug-likeness (QED) is 0.155. The lowest BCUT2D eigenvalue weighted by Gasteiger charge is -2.34. The second-order valence-electron chi connectivity index (χ2n) is 11.8. The lowest BCUT2D eigenvalue weighted by Crippen LogP contribution is -2.54. The van der Waals surface area contributed by atoms with E-state index >= 15 is 4.39 Å². The number of sulfonamides is 1. The zero-order valence-corrected chi connectivity index (χ0v) is 27.8. The highest BCUT2D eigenvalue weighted by Crippen LogP contribution is 2.37. The first-order valence-corrected chi connectivity index (χ1v) is 17.5. The van der Waals surface area contributed by atoms with E-state index in [1.807, 2.05) is 0 Å². The predicted octanol–water partition coefficient (Wildman–Crippen LogP) is 7.39. The predicted molar refractivity (Wildman–Crippen MR) is 179 cm³/mol. The van der Waals surface area contributed by atoms with Crippen molar-refractivity contribution in [3.8, 4) is 0 Å². The van der Waals surface area contributed by atoms with Crippen LogP contribution >= 0.6 is 11.6 Å². The molecule has 1 fully saturated rings. The Morgan fingerprint density at radius 1 is 0.878 bits per heavy atom. The monoisotopic (exact) mass is 715 g/mol. The van der Waals surface area contributed by atoms with Crippen LogP contribution in [0.4, 0.5) is 23.2 Å². The summed E-state index contributed by atoms with van der Waals surface area (Å²) in [5.74, 6) is -2.14. The molecule has 13 heteroatoms. The molecule has 2 amide bonds. The number of benzene rings is 4. The van der Waals surface area contributed by atoms with Gasteiger partial charge in [0.25, 0.3) is 10.0 Å². The molecule has 1 atom stereocenters. The van der Waals surface area contributed by atoms with Crippen molar-refractivity contribution in [3.63, 3.8) is 0 Å². The molecular weight excluding hydrogens is 682 g/mol. The van der Waals surface area contributed by atoms with Crippen molar-refractivity contribution in [1.82, 2.24) is 10.2 Å². The van der Waals surface area contributed by atoms with Gasteiger partial charge in [-0.3, -0.25) is 13.9 Å². The minimum absolute atomic E-state index is 0.00463. The van der Waals surface area contributed by atoms with Crippen molar-refractivity contribution in [2.24, 2.45) is 0 Å². The van der Waals surface area contributed by atoms with Crippen LogP contribution in [0.25, 0.3) is 0 Å². The maximum atomic E-state index is 15.1. The van der Waals surface area contributed by atoms with Crippen LogP contribution in [0.2, 0.25) is 5.02 Å². The Morgan fingerprint density at radius 2 is 1.49 bits per heavy atom. The summed E-state index contributed by atoms with van der Waals surface area (Å²) in [5.41, 5.74) is -1.05. The van der Waals surface area contributed by atoms with E-state index in [9.17, 15) is 31.2 Å². The summed E-state index contributed by atoms with van der Waals surface area (Å²) in [6, 6.07) is 22.1. The number of carbonyl (C=O) groups is 2. The van der Waals surface area contributed by atoms with Crippen molar-refractivity contribution >= 4 is 39.1 Å². The number of rotatable bonds is 12. The second kappa shape index (κ2) is 15.4. The summed E-state index contributed by atoms with van der Waals surface area (Å²) in [6.07, 6.45) is -1.56. The van der Waals surface area contributed by atoms with Crippen LogP contribution in [0.3, 0.4) is 0 Å². The largest absolute Gasteiger partial charge is 0.416 e. The van der Waals surface area contributed by atoms with E-state index in [1.54, 1.807) is 42.5 Å². The van der Waals surface area contributed by atoms with Crippen LogP contribution in [0, 0.1) is 5.82 Å². The Hall–Kier alpha value is -4.42. The van der Waals surface area contributed by atoms with E-state index in [1.165, 1.54) is 42.5 Å². The third-order valence-corrected chi connectivity index (χ3v) is 10.5. The average molecular weight is 716 g/mol. The van der Waals surface area contributed by atoms with E-state index < -0.39 is 64.2 Å². The maximum absolute atomic E-state index is 15.1. The number of nitrogens with one attached hydrogen (secondary N) is 1. The summed E-state index contributed by atoms with van der Waals surface area (Å²) >= 11 is 6.35. The van der Waals surface area contributed by atoms with E-state index in [0.29, 0.717) is 22.0 Å². The summed E-state index contributed by atoms with van der Waals surface area (Å²) in [7, 11) is -4.71. The van der Waals surface area contributed by atoms with Gasteiger partial charge >= 0.3 is 6.18 Å². The number of nitrogens with zero attached hydrogens (tertiary/aromatic N) is 2. The number of halogens is 5. The van der Waals surface area contributed by atoms with Crippen molar-refractivity contribution in [2.75, 3.05) is 10.8 Å². The van der Waals surface area contributed by atoms with Gasteiger partial charge in [0.2, 0.25) is 11.8 Å². The zero-order chi connectivity index (χ0) is 35.2. The van der Waals surface area contributed by atoms with E-state index in [4.69, 9.17) is 11.6 Å². The molecule has 7 nitrogen and oxygen atoms in total. The van der Waals surface area contributed by atoms with Gasteiger partial charge in [-0.1, -0.05) is 91.2 Å². The minimum Gasteiger partial charge on any atom is -0.352 e. The van der Waals surface area contributed by atoms with Crippen molar-refractivity contribution in [2.45, 2.75) is 61.8 Å². The van der Waals surface area contributed by atoms with Crippen LogP contribution in [0.5, 0.6) is 0 Å². The third kappa shape index (κ3) is 8.79. The highest BCUT2D eigenvalue weighted by Gasteiger charge is 2.38. The molecule has 0 saturated heterocycles. The topological polar surface area (TPSA) is 86.8 Å². The van der Waals surface area contributed by atoms with Gasteiger partial charge in [-0.15, -0.1) is 0 Å². The molecule has 4 aromatic carbocycles. The molecule has 1 N–H and O–H groups in total. The number of amides is 2. The fourth-order valence-electron chi connectivity index (χ4n) is 5.84. The fourth-order valence-corrected chi connectivity index (χ4v) is 7.56. The van der Waals surface area contributed by atoms with E-state index in [0.717, 1.165) is 36.6 Å². The first-order chi connectivity index (χ1) is 23.3. The Kier molecular flexibility index (Phi) is 11.3. The van der Waals surface area contributed by atoms with Gasteiger partial charge in [-0.2, -0.15) is 13.2 Å². The zero-order valence-electron chi connectivity index (χ0n) is 26.2. The standard InChI is InChI=1S/C36H34ClF4N3O4S/c37-30-20-19-27(36(39,40)41)22-32(30)44(49(47,48)29-16-5-2-6-17-29)24-34(45)43(23-26-13-7-10-18-31(26)38)33(21-25-11-3-1-4-12-25)35(46)42-28-14-8-9-15-28/h1-7,10-13,16-20,22,28,33H,8-9,14-15,21,23-24H2,(H,42,46)/t33-/m0/s1. The van der Waals surface area contributed by atoms with E-state index in [2.05, 4.69) is 5.32 Å². The molecule has 1 aliphatic rings. The molecule has 0 aromatic heterocycles. The minimum atomic E-state index is -4.86. The summed E-state index contributed by atoms with van der Waals surface area (Å²) in [6.45, 7) is -1.48. The Labute approximate surface area is 287 Å². The second-order valence-corrected chi connectivity index (χ2v) is 14.1. The number of anilines is 1. The number of hydrogen-bond acceptors (Lipinski definition) is 4. The molecule has 1 aliphatic carbocycles. The van der Waals surface area contributed by atoms with Crippen LogP contribution in [0.15, 0.2) is 108 Å². The fraction of sp³-hybridized carbons (Fsp3) is 0.278. The van der Waals surface area contributed by atoms with Gasteiger partial charge in [-0.05, 0) is 54.8 Å². The highest BCUT2D eigenvalue weighted by atomic mass is 35.5.